The predicted octanol–water partition coefficient (Wildman–Crippen LogP) is 3.35. The lowest BCUT2D eigenvalue weighted by Crippen LogP contribution is -2.49. The summed E-state index contributed by atoms with van der Waals surface area (Å²) >= 11 is 12.0. The molecule has 33 heavy (non-hydrogen) atoms. The molecule has 2 amide bonds. The van der Waals surface area contributed by atoms with Crippen molar-refractivity contribution >= 4 is 46.0 Å². The second-order valence-corrected chi connectivity index (χ2v) is 9.15. The molecule has 1 fully saturated rings. The molecule has 0 bridgehead atoms. The van der Waals surface area contributed by atoms with E-state index in [-0.39, 0.29) is 35.3 Å². The molecule has 1 aliphatic heterocycles. The number of amides is 2. The standard InChI is InChI=1S/C23H24Cl2FN5O2/c1-12(22(32)30-10-15-5-16-18(25)11-29-21(16)28-9-15)31-23(33)20-7-14(8-27-20)4-13-2-3-19(26)17(24)6-13/h2-3,5-6,9,11-12,14,20,27H,4,7-8,10H2,1H3,(H,28,29)(H,30,32)(H,31,33)/t12?,14-,20?/m0/s1. The van der Waals surface area contributed by atoms with Gasteiger partial charge in [0, 0.05) is 24.3 Å². The minimum Gasteiger partial charge on any atom is -0.350 e. The lowest BCUT2D eigenvalue weighted by molar-refractivity contribution is -0.129. The van der Waals surface area contributed by atoms with E-state index >= 15 is 0 Å². The number of nitrogens with zero attached hydrogens (tertiary/aromatic N) is 1. The van der Waals surface area contributed by atoms with Crippen LogP contribution >= 0.6 is 23.2 Å². The summed E-state index contributed by atoms with van der Waals surface area (Å²) in [6.07, 6.45) is 4.64. The van der Waals surface area contributed by atoms with E-state index in [1.165, 1.54) is 6.07 Å². The van der Waals surface area contributed by atoms with Crippen molar-refractivity contribution in [1.82, 2.24) is 25.9 Å². The first-order valence-corrected chi connectivity index (χ1v) is 11.4. The molecule has 0 spiro atoms. The van der Waals surface area contributed by atoms with Crippen LogP contribution in [0.5, 0.6) is 0 Å². The zero-order valence-corrected chi connectivity index (χ0v) is 19.4. The fourth-order valence-corrected chi connectivity index (χ4v) is 4.40. The Morgan fingerprint density at radius 1 is 1.24 bits per heavy atom. The minimum absolute atomic E-state index is 0.0967. The highest BCUT2D eigenvalue weighted by molar-refractivity contribution is 6.35. The molecule has 0 saturated carbocycles. The third-order valence-corrected chi connectivity index (χ3v) is 6.41. The summed E-state index contributed by atoms with van der Waals surface area (Å²) in [5.74, 6) is -0.743. The maximum absolute atomic E-state index is 13.3. The molecule has 1 aliphatic rings. The van der Waals surface area contributed by atoms with Crippen molar-refractivity contribution in [3.63, 3.8) is 0 Å². The highest BCUT2D eigenvalue weighted by Crippen LogP contribution is 2.23. The Morgan fingerprint density at radius 3 is 2.85 bits per heavy atom. The molecule has 4 N–H and O–H groups in total. The molecule has 4 rings (SSSR count). The number of pyridine rings is 1. The van der Waals surface area contributed by atoms with Gasteiger partial charge in [0.25, 0.3) is 0 Å². The number of hydrogen-bond acceptors (Lipinski definition) is 4. The maximum Gasteiger partial charge on any atom is 0.242 e. The number of H-pyrrole nitrogens is 1. The van der Waals surface area contributed by atoms with Gasteiger partial charge in [-0.15, -0.1) is 0 Å². The topological polar surface area (TPSA) is 98.9 Å². The van der Waals surface area contributed by atoms with Gasteiger partial charge in [-0.2, -0.15) is 0 Å². The summed E-state index contributed by atoms with van der Waals surface area (Å²) < 4.78 is 13.3. The molecule has 174 valence electrons. The predicted molar refractivity (Wildman–Crippen MR) is 126 cm³/mol. The summed E-state index contributed by atoms with van der Waals surface area (Å²) in [6.45, 7) is 2.57. The van der Waals surface area contributed by atoms with Gasteiger partial charge in [-0.3, -0.25) is 9.59 Å². The van der Waals surface area contributed by atoms with E-state index < -0.39 is 11.9 Å². The number of aromatic nitrogens is 2. The Morgan fingerprint density at radius 2 is 2.06 bits per heavy atom. The van der Waals surface area contributed by atoms with Crippen molar-refractivity contribution in [3.05, 3.63) is 63.6 Å². The van der Waals surface area contributed by atoms with Gasteiger partial charge in [0.1, 0.15) is 17.5 Å². The van der Waals surface area contributed by atoms with Gasteiger partial charge in [-0.1, -0.05) is 29.3 Å². The van der Waals surface area contributed by atoms with Gasteiger partial charge in [-0.05, 0) is 61.6 Å². The number of hydrogen-bond donors (Lipinski definition) is 4. The van der Waals surface area contributed by atoms with Gasteiger partial charge < -0.3 is 20.9 Å². The third-order valence-electron chi connectivity index (χ3n) is 5.80. The van der Waals surface area contributed by atoms with Crippen LogP contribution in [0.2, 0.25) is 10.0 Å². The molecule has 2 unspecified atom stereocenters. The second-order valence-electron chi connectivity index (χ2n) is 8.34. The minimum atomic E-state index is -0.693. The van der Waals surface area contributed by atoms with Crippen LogP contribution in [0.4, 0.5) is 4.39 Å². The van der Waals surface area contributed by atoms with Gasteiger partial charge >= 0.3 is 0 Å². The summed E-state index contributed by atoms with van der Waals surface area (Å²) in [4.78, 5) is 32.3. The van der Waals surface area contributed by atoms with Crippen molar-refractivity contribution in [2.24, 2.45) is 5.92 Å². The highest BCUT2D eigenvalue weighted by atomic mass is 35.5. The van der Waals surface area contributed by atoms with Crippen LogP contribution in [0.3, 0.4) is 0 Å². The Balaban J connectivity index is 1.24. The van der Waals surface area contributed by atoms with E-state index in [1.807, 2.05) is 6.07 Å². The molecule has 2 aromatic heterocycles. The van der Waals surface area contributed by atoms with Gasteiger partial charge in [-0.25, -0.2) is 9.37 Å². The second kappa shape index (κ2) is 10.1. The summed E-state index contributed by atoms with van der Waals surface area (Å²) in [5.41, 5.74) is 2.41. The molecule has 0 radical (unpaired) electrons. The molecule has 7 nitrogen and oxygen atoms in total. The van der Waals surface area contributed by atoms with Crippen LogP contribution in [-0.2, 0) is 22.6 Å². The number of carbonyl (C=O) groups is 2. The van der Waals surface area contributed by atoms with Crippen LogP contribution in [0, 0.1) is 11.7 Å². The van der Waals surface area contributed by atoms with Crippen molar-refractivity contribution in [3.8, 4) is 0 Å². The van der Waals surface area contributed by atoms with Crippen LogP contribution < -0.4 is 16.0 Å². The lowest BCUT2D eigenvalue weighted by atomic mass is 9.96. The SMILES string of the molecule is CC(NC(=O)C1C[C@H](Cc2ccc(F)c(Cl)c2)CN1)C(=O)NCc1cnc2[nH]cc(Cl)c2c1. The summed E-state index contributed by atoms with van der Waals surface area (Å²) in [5, 5.41) is 10.2. The number of benzene rings is 1. The van der Waals surface area contributed by atoms with E-state index in [0.717, 1.165) is 16.5 Å². The number of rotatable bonds is 7. The lowest BCUT2D eigenvalue weighted by Gasteiger charge is -2.17. The van der Waals surface area contributed by atoms with E-state index in [4.69, 9.17) is 23.2 Å². The molecule has 3 aromatic rings. The molecule has 0 aliphatic carbocycles. The van der Waals surface area contributed by atoms with E-state index in [2.05, 4.69) is 25.9 Å². The first kappa shape index (κ1) is 23.5. The number of halogens is 3. The summed E-state index contributed by atoms with van der Waals surface area (Å²) in [6, 6.07) is 5.46. The van der Waals surface area contributed by atoms with Crippen molar-refractivity contribution in [1.29, 1.82) is 0 Å². The average molecular weight is 492 g/mol. The molecule has 1 saturated heterocycles. The largest absolute Gasteiger partial charge is 0.350 e. The zero-order chi connectivity index (χ0) is 23.5. The highest BCUT2D eigenvalue weighted by Gasteiger charge is 2.31. The number of fused-ring (bicyclic) bond motifs is 1. The van der Waals surface area contributed by atoms with E-state index in [1.54, 1.807) is 31.5 Å². The van der Waals surface area contributed by atoms with Crippen molar-refractivity contribution in [2.75, 3.05) is 6.54 Å². The Hall–Kier alpha value is -2.68. The molecule has 3 heterocycles. The maximum atomic E-state index is 13.3. The summed E-state index contributed by atoms with van der Waals surface area (Å²) in [7, 11) is 0. The normalized spacial score (nSPS) is 18.9. The Labute approximate surface area is 200 Å². The monoisotopic (exact) mass is 491 g/mol. The van der Waals surface area contributed by atoms with Crippen molar-refractivity contribution in [2.45, 2.75) is 38.4 Å². The van der Waals surface area contributed by atoms with E-state index in [0.29, 0.717) is 30.1 Å². The van der Waals surface area contributed by atoms with Gasteiger partial charge in [0.05, 0.1) is 16.1 Å². The van der Waals surface area contributed by atoms with Crippen LogP contribution in [0.25, 0.3) is 11.0 Å². The number of carbonyl (C=O) groups excluding carboxylic acids is 2. The first-order valence-electron chi connectivity index (χ1n) is 10.7. The molecular formula is C23H24Cl2FN5O2. The molecule has 1 aromatic carbocycles. The van der Waals surface area contributed by atoms with Crippen LogP contribution in [0.1, 0.15) is 24.5 Å². The Bertz CT molecular complexity index is 1180. The number of aromatic amines is 1. The first-order chi connectivity index (χ1) is 15.8. The Kier molecular flexibility index (Phi) is 7.17. The van der Waals surface area contributed by atoms with E-state index in [9.17, 15) is 14.0 Å². The average Bonchev–Trinajstić information content (AvgIpc) is 3.41. The van der Waals surface area contributed by atoms with Gasteiger partial charge in [0.15, 0.2) is 0 Å². The quantitative estimate of drug-likeness (QED) is 0.407. The zero-order valence-electron chi connectivity index (χ0n) is 17.9. The molecule has 3 atom stereocenters. The van der Waals surface area contributed by atoms with Crippen LogP contribution in [0.15, 0.2) is 36.7 Å². The smallest absolute Gasteiger partial charge is 0.242 e. The fourth-order valence-electron chi connectivity index (χ4n) is 4.00. The van der Waals surface area contributed by atoms with Crippen LogP contribution in [-0.4, -0.2) is 40.4 Å². The van der Waals surface area contributed by atoms with Gasteiger partial charge in [0.2, 0.25) is 11.8 Å². The fraction of sp³-hybridized carbons (Fsp3) is 0.348. The molecule has 10 heteroatoms. The number of nitrogens with one attached hydrogen (secondary N) is 4. The van der Waals surface area contributed by atoms with Crippen molar-refractivity contribution < 1.29 is 14.0 Å². The molecular weight excluding hydrogens is 468 g/mol. The third kappa shape index (κ3) is 5.63.